The Morgan fingerprint density at radius 3 is 2.24 bits per heavy atom. The van der Waals surface area contributed by atoms with E-state index in [1.165, 1.54) is 46.8 Å². The van der Waals surface area contributed by atoms with Crippen LogP contribution in [0.5, 0.6) is 0 Å². The monoisotopic (exact) mass is 497 g/mol. The number of hydrogen-bond donors (Lipinski definition) is 3. The maximum Gasteiger partial charge on any atom is 0.335 e. The van der Waals surface area contributed by atoms with Gasteiger partial charge in [0.25, 0.3) is 10.0 Å². The fraction of sp³-hybridized carbons (Fsp3) is 0.381. The molecule has 3 rings (SSSR count). The summed E-state index contributed by atoms with van der Waals surface area (Å²) in [6.07, 6.45) is 1.77. The number of carboxylic acid groups (broad SMARTS) is 1. The Kier molecular flexibility index (Phi) is 7.95. The van der Waals surface area contributed by atoms with Crippen LogP contribution in [0.15, 0.2) is 52.3 Å². The predicted octanol–water partition coefficient (Wildman–Crippen LogP) is 2.42. The van der Waals surface area contributed by atoms with Crippen LogP contribution >= 0.6 is 0 Å². The largest absolute Gasteiger partial charge is 0.478 e. The van der Waals surface area contributed by atoms with Gasteiger partial charge in [-0.3, -0.25) is 4.72 Å². The highest BCUT2D eigenvalue weighted by atomic mass is 32.2. The molecule has 1 fully saturated rings. The fourth-order valence-corrected chi connectivity index (χ4v) is 5.74. The number of rotatable bonds is 10. The summed E-state index contributed by atoms with van der Waals surface area (Å²) < 4.78 is 61.0. The van der Waals surface area contributed by atoms with Crippen LogP contribution in [0.25, 0.3) is 0 Å². The molecule has 10 nitrogen and oxygen atoms in total. The summed E-state index contributed by atoms with van der Waals surface area (Å²) in [5.74, 6) is -1.17. The topological polar surface area (TPSA) is 142 Å². The Hall–Kier alpha value is -2.67. The van der Waals surface area contributed by atoms with Gasteiger partial charge in [0.1, 0.15) is 0 Å². The Labute approximate surface area is 193 Å². The van der Waals surface area contributed by atoms with Crippen molar-refractivity contribution < 1.29 is 31.5 Å². The molecule has 1 heterocycles. The average molecular weight is 498 g/mol. The zero-order chi connectivity index (χ0) is 24.1. The third kappa shape index (κ3) is 6.02. The molecule has 0 aliphatic carbocycles. The quantitative estimate of drug-likeness (QED) is 0.425. The summed E-state index contributed by atoms with van der Waals surface area (Å²) in [5.41, 5.74) is 0.479. The molecular formula is C21H27N3O7S2. The number of nitrogens with zero attached hydrogens (tertiary/aromatic N) is 1. The van der Waals surface area contributed by atoms with Crippen molar-refractivity contribution in [1.29, 1.82) is 0 Å². The minimum absolute atomic E-state index is 0.0376. The van der Waals surface area contributed by atoms with Crippen LogP contribution in [0.1, 0.15) is 30.1 Å². The van der Waals surface area contributed by atoms with E-state index < -0.39 is 26.0 Å². The smallest absolute Gasteiger partial charge is 0.335 e. The first-order valence-corrected chi connectivity index (χ1v) is 13.4. The highest BCUT2D eigenvalue weighted by Crippen LogP contribution is 2.30. The molecule has 1 aliphatic heterocycles. The minimum Gasteiger partial charge on any atom is -0.478 e. The number of anilines is 2. The lowest BCUT2D eigenvalue weighted by molar-refractivity contribution is 0.0696. The molecule has 1 aliphatic rings. The highest BCUT2D eigenvalue weighted by molar-refractivity contribution is 7.92. The Bertz CT molecular complexity index is 1190. The fourth-order valence-electron chi connectivity index (χ4n) is 3.24. The summed E-state index contributed by atoms with van der Waals surface area (Å²) in [7, 11) is -7.94. The first kappa shape index (κ1) is 25.0. The summed E-state index contributed by atoms with van der Waals surface area (Å²) in [6.45, 7) is 3.62. The highest BCUT2D eigenvalue weighted by Gasteiger charge is 2.27. The molecule has 1 saturated heterocycles. The van der Waals surface area contributed by atoms with Crippen molar-refractivity contribution in [2.75, 3.05) is 42.9 Å². The third-order valence-corrected chi connectivity index (χ3v) is 8.38. The number of sulfonamides is 2. The standard InChI is InChI=1S/C21H27N3O7S2/c1-2-3-10-22-19-9-8-18(33(29,30)24-11-13-31-14-12-24)15-20(19)23-32(27,28)17-6-4-16(5-7-17)21(25)26/h4-9,15,22-23H,2-3,10-14H2,1H3,(H,25,26). The van der Waals surface area contributed by atoms with Crippen molar-refractivity contribution in [3.63, 3.8) is 0 Å². The van der Waals surface area contributed by atoms with Crippen molar-refractivity contribution in [3.8, 4) is 0 Å². The van der Waals surface area contributed by atoms with Crippen LogP contribution in [0.4, 0.5) is 11.4 Å². The Morgan fingerprint density at radius 2 is 1.64 bits per heavy atom. The SMILES string of the molecule is CCCCNc1ccc(S(=O)(=O)N2CCOCC2)cc1NS(=O)(=O)c1ccc(C(=O)O)cc1. The van der Waals surface area contributed by atoms with Crippen molar-refractivity contribution in [2.45, 2.75) is 29.6 Å². The summed E-state index contributed by atoms with van der Waals surface area (Å²) in [4.78, 5) is 10.9. The number of ether oxygens (including phenoxy) is 1. The molecule has 0 amide bonds. The maximum atomic E-state index is 13.1. The molecule has 0 spiro atoms. The summed E-state index contributed by atoms with van der Waals surface area (Å²) in [6, 6.07) is 9.02. The lowest BCUT2D eigenvalue weighted by Crippen LogP contribution is -2.40. The van der Waals surface area contributed by atoms with Crippen LogP contribution in [0, 0.1) is 0 Å². The van der Waals surface area contributed by atoms with E-state index in [0.717, 1.165) is 12.8 Å². The molecule has 33 heavy (non-hydrogen) atoms. The Balaban J connectivity index is 1.96. The molecule has 0 radical (unpaired) electrons. The van der Waals surface area contributed by atoms with Crippen molar-refractivity contribution in [1.82, 2.24) is 4.31 Å². The van der Waals surface area contributed by atoms with E-state index in [1.54, 1.807) is 0 Å². The second kappa shape index (κ2) is 10.5. The van der Waals surface area contributed by atoms with E-state index in [1.807, 2.05) is 6.92 Å². The van der Waals surface area contributed by atoms with Crippen LogP contribution < -0.4 is 10.0 Å². The number of unbranched alkanes of at least 4 members (excludes halogenated alkanes) is 1. The van der Waals surface area contributed by atoms with Gasteiger partial charge in [-0.1, -0.05) is 13.3 Å². The van der Waals surface area contributed by atoms with Crippen LogP contribution in [0.3, 0.4) is 0 Å². The second-order valence-electron chi connectivity index (χ2n) is 7.44. The van der Waals surface area contributed by atoms with Crippen molar-refractivity contribution in [2.24, 2.45) is 0 Å². The predicted molar refractivity (Wildman–Crippen MR) is 124 cm³/mol. The van der Waals surface area contributed by atoms with E-state index in [4.69, 9.17) is 9.84 Å². The summed E-state index contributed by atoms with van der Waals surface area (Å²) in [5, 5.41) is 12.2. The van der Waals surface area contributed by atoms with Crippen molar-refractivity contribution >= 4 is 37.4 Å². The maximum absolute atomic E-state index is 13.1. The zero-order valence-electron chi connectivity index (χ0n) is 18.2. The van der Waals surface area contributed by atoms with Gasteiger partial charge in [0.15, 0.2) is 0 Å². The van der Waals surface area contributed by atoms with Crippen LogP contribution in [-0.4, -0.2) is 65.1 Å². The molecule has 180 valence electrons. The van der Waals surface area contributed by atoms with E-state index in [9.17, 15) is 21.6 Å². The van der Waals surface area contributed by atoms with Gasteiger partial charge in [0, 0.05) is 19.6 Å². The molecule has 0 bridgehead atoms. The number of nitrogens with one attached hydrogen (secondary N) is 2. The molecule has 0 aromatic heterocycles. The molecule has 12 heteroatoms. The normalized spacial score (nSPS) is 15.2. The van der Waals surface area contributed by atoms with Crippen molar-refractivity contribution in [3.05, 3.63) is 48.0 Å². The van der Waals surface area contributed by atoms with Crippen LogP contribution in [-0.2, 0) is 24.8 Å². The van der Waals surface area contributed by atoms with E-state index in [2.05, 4.69) is 10.0 Å². The molecule has 2 aromatic carbocycles. The van der Waals surface area contributed by atoms with E-state index in [-0.39, 0.29) is 34.1 Å². The van der Waals surface area contributed by atoms with Gasteiger partial charge in [-0.15, -0.1) is 0 Å². The lowest BCUT2D eigenvalue weighted by Gasteiger charge is -2.26. The number of benzene rings is 2. The molecule has 2 aromatic rings. The number of hydrogen-bond acceptors (Lipinski definition) is 7. The van der Waals surface area contributed by atoms with Gasteiger partial charge in [-0.2, -0.15) is 4.31 Å². The van der Waals surface area contributed by atoms with Gasteiger partial charge in [-0.05, 0) is 48.9 Å². The molecular weight excluding hydrogens is 470 g/mol. The summed E-state index contributed by atoms with van der Waals surface area (Å²) >= 11 is 0. The molecule has 0 saturated carbocycles. The Morgan fingerprint density at radius 1 is 1.00 bits per heavy atom. The first-order chi connectivity index (χ1) is 15.6. The van der Waals surface area contributed by atoms with Gasteiger partial charge in [0.05, 0.1) is 39.9 Å². The van der Waals surface area contributed by atoms with Gasteiger partial charge < -0.3 is 15.2 Å². The molecule has 0 atom stereocenters. The molecule has 0 unspecified atom stereocenters. The lowest BCUT2D eigenvalue weighted by atomic mass is 10.2. The third-order valence-electron chi connectivity index (χ3n) is 5.10. The van der Waals surface area contributed by atoms with E-state index in [0.29, 0.717) is 25.4 Å². The van der Waals surface area contributed by atoms with Gasteiger partial charge >= 0.3 is 5.97 Å². The van der Waals surface area contributed by atoms with Gasteiger partial charge in [-0.25, -0.2) is 21.6 Å². The minimum atomic E-state index is -4.11. The zero-order valence-corrected chi connectivity index (χ0v) is 19.8. The second-order valence-corrected chi connectivity index (χ2v) is 11.1. The first-order valence-electron chi connectivity index (χ1n) is 10.5. The van der Waals surface area contributed by atoms with Gasteiger partial charge in [0.2, 0.25) is 10.0 Å². The number of morpholine rings is 1. The van der Waals surface area contributed by atoms with Crippen LogP contribution in [0.2, 0.25) is 0 Å². The molecule has 3 N–H and O–H groups in total. The number of carboxylic acids is 1. The number of carbonyl (C=O) groups is 1. The average Bonchev–Trinajstić information content (AvgIpc) is 2.80. The van der Waals surface area contributed by atoms with E-state index >= 15 is 0 Å². The number of aromatic carboxylic acids is 1.